The minimum absolute atomic E-state index is 0.0832. The number of alkyl carbamates (subject to hydrolysis) is 1. The lowest BCUT2D eigenvalue weighted by Gasteiger charge is -2.09. The minimum Gasteiger partial charge on any atom is -0.464 e. The molecule has 1 aromatic heterocycles. The van der Waals surface area contributed by atoms with Crippen LogP contribution in [-0.4, -0.2) is 49.1 Å². The van der Waals surface area contributed by atoms with Crippen molar-refractivity contribution in [1.29, 1.82) is 0 Å². The maximum atomic E-state index is 12.5. The summed E-state index contributed by atoms with van der Waals surface area (Å²) in [5.74, 6) is -2.29. The summed E-state index contributed by atoms with van der Waals surface area (Å²) in [6.45, 7) is 7.92. The van der Waals surface area contributed by atoms with Crippen LogP contribution in [0.2, 0.25) is 0 Å². The lowest BCUT2D eigenvalue weighted by Crippen LogP contribution is -2.35. The van der Waals surface area contributed by atoms with Crippen LogP contribution in [0.15, 0.2) is 59.3 Å². The first-order chi connectivity index (χ1) is 18.7. The number of esters is 1. The summed E-state index contributed by atoms with van der Waals surface area (Å²) in [6, 6.07) is 7.26. The fraction of sp³-hybridized carbons (Fsp3) is 0.320. The van der Waals surface area contributed by atoms with E-state index in [0.717, 1.165) is 43.9 Å². The number of azide groups is 1. The van der Waals surface area contributed by atoms with Crippen molar-refractivity contribution < 1.29 is 28.7 Å². The highest BCUT2D eigenvalue weighted by Gasteiger charge is 2.18. The fourth-order valence-electron chi connectivity index (χ4n) is 2.99. The van der Waals surface area contributed by atoms with Crippen molar-refractivity contribution in [3.05, 3.63) is 75.9 Å². The largest absolute Gasteiger partial charge is 0.464 e. The number of hydrogen-bond donors (Lipinski definition) is 3. The summed E-state index contributed by atoms with van der Waals surface area (Å²) in [4.78, 5) is 54.7. The molecular weight excluding hydrogens is 526 g/mol. The van der Waals surface area contributed by atoms with Gasteiger partial charge in [-0.2, -0.15) is 0 Å². The molecule has 3 amide bonds. The van der Waals surface area contributed by atoms with Crippen LogP contribution < -0.4 is 16.0 Å². The van der Waals surface area contributed by atoms with Crippen molar-refractivity contribution in [2.45, 2.75) is 32.2 Å². The molecule has 3 N–H and O–H groups in total. The molecule has 0 saturated carbocycles. The van der Waals surface area contributed by atoms with E-state index in [9.17, 15) is 19.2 Å². The molecule has 0 spiro atoms. The van der Waals surface area contributed by atoms with E-state index >= 15 is 0 Å². The molecule has 0 aliphatic carbocycles. The average molecular weight is 556 g/mol. The molecule has 0 aliphatic rings. The Bertz CT molecular complexity index is 1250. The van der Waals surface area contributed by atoms with Gasteiger partial charge < -0.3 is 25.4 Å². The molecular formula is C25H29N7O6S. The van der Waals surface area contributed by atoms with Gasteiger partial charge in [-0.15, -0.1) is 11.3 Å². The molecule has 2 rings (SSSR count). The van der Waals surface area contributed by atoms with Crippen molar-refractivity contribution in [2.24, 2.45) is 5.11 Å². The minimum atomic E-state index is -0.823. The van der Waals surface area contributed by atoms with E-state index in [1.807, 2.05) is 24.3 Å². The Morgan fingerprint density at radius 1 is 1.05 bits per heavy atom. The number of benzene rings is 1. The zero-order chi connectivity index (χ0) is 28.6. The van der Waals surface area contributed by atoms with Crippen LogP contribution in [0.25, 0.3) is 21.0 Å². The lowest BCUT2D eigenvalue weighted by atomic mass is 10.1. The van der Waals surface area contributed by atoms with Gasteiger partial charge in [0.05, 0.1) is 19.4 Å². The Labute approximate surface area is 228 Å². The smallest absolute Gasteiger partial charge is 0.407 e. The Morgan fingerprint density at radius 2 is 1.77 bits per heavy atom. The number of nitrogens with zero attached hydrogens (tertiary/aromatic N) is 4. The van der Waals surface area contributed by atoms with E-state index in [0.29, 0.717) is 18.2 Å². The number of ether oxygens (including phenoxy) is 2. The third-order valence-corrected chi connectivity index (χ3v) is 5.95. The molecule has 0 unspecified atom stereocenters. The number of thiazole rings is 1. The second-order valence-corrected chi connectivity index (χ2v) is 8.81. The maximum Gasteiger partial charge on any atom is 0.407 e. The molecule has 14 heteroatoms. The summed E-state index contributed by atoms with van der Waals surface area (Å²) >= 11 is 1.24. The van der Waals surface area contributed by atoms with Gasteiger partial charge in [-0.05, 0) is 23.9 Å². The van der Waals surface area contributed by atoms with Crippen LogP contribution in [0.3, 0.4) is 0 Å². The Kier molecular flexibility index (Phi) is 12.7. The second kappa shape index (κ2) is 16.2. The number of methoxy groups -OCH3 is 1. The Morgan fingerprint density at radius 3 is 2.46 bits per heavy atom. The van der Waals surface area contributed by atoms with Gasteiger partial charge in [-0.3, -0.25) is 9.59 Å². The third-order valence-electron chi connectivity index (χ3n) is 5.06. The van der Waals surface area contributed by atoms with Gasteiger partial charge in [-0.1, -0.05) is 55.4 Å². The van der Waals surface area contributed by atoms with Crippen molar-refractivity contribution in [1.82, 2.24) is 20.9 Å². The van der Waals surface area contributed by atoms with E-state index in [1.54, 1.807) is 0 Å². The van der Waals surface area contributed by atoms with Crippen LogP contribution >= 0.6 is 11.3 Å². The van der Waals surface area contributed by atoms with E-state index in [1.165, 1.54) is 16.7 Å². The average Bonchev–Trinajstić information content (AvgIpc) is 3.43. The van der Waals surface area contributed by atoms with Crippen molar-refractivity contribution in [3.63, 3.8) is 0 Å². The van der Waals surface area contributed by atoms with E-state index in [2.05, 4.69) is 48.9 Å². The van der Waals surface area contributed by atoms with E-state index in [4.69, 9.17) is 10.3 Å². The van der Waals surface area contributed by atoms with E-state index < -0.39 is 23.9 Å². The highest BCUT2D eigenvalue weighted by atomic mass is 32.1. The quantitative estimate of drug-likeness (QED) is 0.0741. The number of amides is 3. The third kappa shape index (κ3) is 10.7. The number of carbonyl (C=O) groups excluding carboxylic acids is 4. The molecule has 13 nitrogen and oxygen atoms in total. The maximum absolute atomic E-state index is 12.5. The van der Waals surface area contributed by atoms with Crippen molar-refractivity contribution in [3.8, 4) is 10.6 Å². The molecule has 39 heavy (non-hydrogen) atoms. The molecule has 2 aromatic rings. The van der Waals surface area contributed by atoms with Gasteiger partial charge in [0.25, 0.3) is 11.8 Å². The first kappa shape index (κ1) is 30.5. The predicted octanol–water partition coefficient (Wildman–Crippen LogP) is 3.95. The molecule has 0 aliphatic heterocycles. The van der Waals surface area contributed by atoms with Crippen molar-refractivity contribution >= 4 is 35.2 Å². The summed E-state index contributed by atoms with van der Waals surface area (Å²) in [5, 5.41) is 12.8. The number of hydrogen-bond acceptors (Lipinski definition) is 9. The molecule has 206 valence electrons. The van der Waals surface area contributed by atoms with Gasteiger partial charge >= 0.3 is 12.1 Å². The van der Waals surface area contributed by atoms with Gasteiger partial charge in [0.15, 0.2) is 0 Å². The lowest BCUT2D eigenvalue weighted by molar-refractivity contribution is -0.137. The summed E-state index contributed by atoms with van der Waals surface area (Å²) < 4.78 is 9.59. The highest BCUT2D eigenvalue weighted by molar-refractivity contribution is 7.13. The Hall–Kier alpha value is -4.68. The van der Waals surface area contributed by atoms with Crippen LogP contribution in [0.4, 0.5) is 4.79 Å². The van der Waals surface area contributed by atoms with Crippen molar-refractivity contribution in [2.75, 3.05) is 20.3 Å². The molecule has 0 fully saturated rings. The zero-order valence-electron chi connectivity index (χ0n) is 21.4. The molecule has 1 heterocycles. The topological polar surface area (TPSA) is 184 Å². The number of unbranched alkanes of at least 4 members (excludes halogenated alkanes) is 3. The SMILES string of the molecule is C=C(NC(=O)c1csc(-c2ccc(CNC(=O)OCCCCCCN=[N+]=[N-])cc2)n1)C(=O)NC(=C)C(=O)OC. The zero-order valence-corrected chi connectivity index (χ0v) is 22.2. The molecule has 0 atom stereocenters. The molecule has 0 radical (unpaired) electrons. The Balaban J connectivity index is 1.77. The standard InChI is InChI=1S/C25H29N7O6S/c1-16(21(33)30-17(2)24(35)37-3)29-22(34)20-15-39-23(31-20)19-10-8-18(9-11-19)14-27-25(36)38-13-7-5-4-6-12-28-32-26/h8-11,15H,1-2,4-7,12-14H2,3H3,(H,27,36)(H,29,34)(H,30,33). The number of nitrogens with one attached hydrogen (secondary N) is 3. The molecule has 1 aromatic carbocycles. The summed E-state index contributed by atoms with van der Waals surface area (Å²) in [6.07, 6.45) is 2.83. The predicted molar refractivity (Wildman–Crippen MR) is 144 cm³/mol. The molecule has 0 bridgehead atoms. The number of carbonyl (C=O) groups is 4. The fourth-order valence-corrected chi connectivity index (χ4v) is 3.80. The monoisotopic (exact) mass is 555 g/mol. The first-order valence-corrected chi connectivity index (χ1v) is 12.7. The summed E-state index contributed by atoms with van der Waals surface area (Å²) in [5.41, 5.74) is 9.31. The number of aromatic nitrogens is 1. The van der Waals surface area contributed by atoms with Crippen LogP contribution in [0.5, 0.6) is 0 Å². The van der Waals surface area contributed by atoms with E-state index in [-0.39, 0.29) is 23.6 Å². The van der Waals surface area contributed by atoms with Gasteiger partial charge in [0, 0.05) is 28.9 Å². The van der Waals surface area contributed by atoms with Gasteiger partial charge in [0.1, 0.15) is 16.4 Å². The molecule has 0 saturated heterocycles. The second-order valence-electron chi connectivity index (χ2n) is 7.95. The summed E-state index contributed by atoms with van der Waals surface area (Å²) in [7, 11) is 1.14. The normalized spacial score (nSPS) is 9.97. The van der Waals surface area contributed by atoms with Gasteiger partial charge in [0.2, 0.25) is 0 Å². The first-order valence-electron chi connectivity index (χ1n) is 11.8. The number of rotatable bonds is 15. The van der Waals surface area contributed by atoms with Gasteiger partial charge in [-0.25, -0.2) is 14.6 Å². The van der Waals surface area contributed by atoms with Crippen LogP contribution in [0.1, 0.15) is 41.7 Å². The van der Waals surface area contributed by atoms with Crippen LogP contribution in [0, 0.1) is 0 Å². The van der Waals surface area contributed by atoms with Crippen LogP contribution in [-0.2, 0) is 25.6 Å². The highest BCUT2D eigenvalue weighted by Crippen LogP contribution is 2.24.